The van der Waals surface area contributed by atoms with Gasteiger partial charge in [-0.05, 0) is 5.56 Å². The fraction of sp³-hybridized carbons (Fsp3) is 0.526. The summed E-state index contributed by atoms with van der Waals surface area (Å²) in [6.45, 7) is 3.99. The molecule has 0 unspecified atom stereocenters. The number of benzene rings is 1. The van der Waals surface area contributed by atoms with Gasteiger partial charge in [0.05, 0.1) is 19.1 Å². The van der Waals surface area contributed by atoms with Gasteiger partial charge >= 0.3 is 5.97 Å². The second kappa shape index (κ2) is 10.5. The van der Waals surface area contributed by atoms with Crippen molar-refractivity contribution in [1.82, 2.24) is 9.80 Å². The summed E-state index contributed by atoms with van der Waals surface area (Å²) in [6.07, 6.45) is 1.53. The second-order valence-electron chi connectivity index (χ2n) is 6.09. The van der Waals surface area contributed by atoms with Gasteiger partial charge < -0.3 is 9.64 Å². The summed E-state index contributed by atoms with van der Waals surface area (Å²) in [7, 11) is 0. The fourth-order valence-electron chi connectivity index (χ4n) is 2.80. The molecule has 1 aromatic carbocycles. The van der Waals surface area contributed by atoms with E-state index >= 15 is 0 Å². The van der Waals surface area contributed by atoms with Crippen molar-refractivity contribution in [3.8, 4) is 6.07 Å². The number of nitriles is 1. The van der Waals surface area contributed by atoms with Gasteiger partial charge in [0.1, 0.15) is 0 Å². The molecule has 1 fully saturated rings. The fourth-order valence-corrected chi connectivity index (χ4v) is 2.80. The summed E-state index contributed by atoms with van der Waals surface area (Å²) in [5.41, 5.74) is 1.13. The number of piperazine rings is 1. The molecule has 1 amide bonds. The van der Waals surface area contributed by atoms with Gasteiger partial charge in [0, 0.05) is 52.0 Å². The molecular formula is C19H25N3O3. The van der Waals surface area contributed by atoms with E-state index in [1.54, 1.807) is 4.90 Å². The molecule has 0 radical (unpaired) electrons. The van der Waals surface area contributed by atoms with E-state index in [1.165, 1.54) is 0 Å². The van der Waals surface area contributed by atoms with Crippen molar-refractivity contribution in [3.05, 3.63) is 35.9 Å². The van der Waals surface area contributed by atoms with Gasteiger partial charge in [-0.25, -0.2) is 0 Å². The lowest BCUT2D eigenvalue weighted by Crippen LogP contribution is -2.48. The maximum absolute atomic E-state index is 12.2. The normalized spacial score (nSPS) is 14.8. The minimum Gasteiger partial charge on any atom is -0.465 e. The Kier molecular flexibility index (Phi) is 7.93. The second-order valence-corrected chi connectivity index (χ2v) is 6.09. The average Bonchev–Trinajstić information content (AvgIpc) is 2.65. The number of carbonyl (C=O) groups is 2. The van der Waals surface area contributed by atoms with Crippen LogP contribution in [0.15, 0.2) is 30.3 Å². The SMILES string of the molecule is N#CCCN1CCN(C(=O)CCC(=O)OCCc2ccccc2)CC1. The van der Waals surface area contributed by atoms with Crippen molar-refractivity contribution >= 4 is 11.9 Å². The van der Waals surface area contributed by atoms with Crippen molar-refractivity contribution in [1.29, 1.82) is 5.26 Å². The molecule has 134 valence electrons. The van der Waals surface area contributed by atoms with Gasteiger partial charge in [-0.3, -0.25) is 14.5 Å². The number of nitrogens with zero attached hydrogens (tertiary/aromatic N) is 3. The van der Waals surface area contributed by atoms with E-state index in [9.17, 15) is 9.59 Å². The summed E-state index contributed by atoms with van der Waals surface area (Å²) >= 11 is 0. The molecule has 0 bridgehead atoms. The van der Waals surface area contributed by atoms with E-state index in [0.717, 1.165) is 25.2 Å². The third-order valence-electron chi connectivity index (χ3n) is 4.30. The first-order valence-corrected chi connectivity index (χ1v) is 8.75. The predicted molar refractivity (Wildman–Crippen MR) is 93.6 cm³/mol. The maximum atomic E-state index is 12.2. The smallest absolute Gasteiger partial charge is 0.306 e. The van der Waals surface area contributed by atoms with Gasteiger partial charge in [0.2, 0.25) is 5.91 Å². The Labute approximate surface area is 149 Å². The number of hydrogen-bond donors (Lipinski definition) is 0. The highest BCUT2D eigenvalue weighted by Crippen LogP contribution is 2.07. The van der Waals surface area contributed by atoms with E-state index in [2.05, 4.69) is 11.0 Å². The largest absolute Gasteiger partial charge is 0.465 e. The van der Waals surface area contributed by atoms with Crippen molar-refractivity contribution in [2.75, 3.05) is 39.3 Å². The molecule has 0 atom stereocenters. The van der Waals surface area contributed by atoms with Crippen LogP contribution in [0.4, 0.5) is 0 Å². The molecule has 0 N–H and O–H groups in total. The van der Waals surface area contributed by atoms with Crippen molar-refractivity contribution in [3.63, 3.8) is 0 Å². The summed E-state index contributed by atoms with van der Waals surface area (Å²) in [5, 5.41) is 8.60. The van der Waals surface area contributed by atoms with E-state index in [1.807, 2.05) is 30.3 Å². The highest BCUT2D eigenvalue weighted by atomic mass is 16.5. The molecule has 1 heterocycles. The van der Waals surface area contributed by atoms with Gasteiger partial charge in [-0.2, -0.15) is 5.26 Å². The zero-order valence-corrected chi connectivity index (χ0v) is 14.5. The highest BCUT2D eigenvalue weighted by molar-refractivity contribution is 5.81. The Morgan fingerprint density at radius 3 is 2.48 bits per heavy atom. The molecule has 25 heavy (non-hydrogen) atoms. The number of carbonyl (C=O) groups excluding carboxylic acids is 2. The van der Waals surface area contributed by atoms with Crippen LogP contribution in [0.1, 0.15) is 24.8 Å². The molecule has 1 aromatic rings. The third-order valence-corrected chi connectivity index (χ3v) is 4.30. The van der Waals surface area contributed by atoms with Crippen LogP contribution in [-0.2, 0) is 20.7 Å². The minimum absolute atomic E-state index is 0.0000532. The Hall–Kier alpha value is -2.39. The van der Waals surface area contributed by atoms with Crippen LogP contribution in [0.3, 0.4) is 0 Å². The standard InChI is InChI=1S/C19H25N3O3/c20-10-4-11-21-12-14-22(15-13-21)18(23)7-8-19(24)25-16-9-17-5-2-1-3-6-17/h1-3,5-6H,4,7-9,11-16H2. The number of rotatable bonds is 8. The highest BCUT2D eigenvalue weighted by Gasteiger charge is 2.21. The van der Waals surface area contributed by atoms with Gasteiger partial charge in [0.25, 0.3) is 0 Å². The van der Waals surface area contributed by atoms with Gasteiger partial charge in [0.15, 0.2) is 0 Å². The molecule has 0 aromatic heterocycles. The molecule has 0 saturated carbocycles. The lowest BCUT2D eigenvalue weighted by Gasteiger charge is -2.34. The first-order valence-electron chi connectivity index (χ1n) is 8.75. The molecule has 0 aliphatic carbocycles. The third kappa shape index (κ3) is 6.94. The number of esters is 1. The molecule has 0 spiro atoms. The first-order chi connectivity index (χ1) is 12.2. The number of ether oxygens (including phenoxy) is 1. The summed E-state index contributed by atoms with van der Waals surface area (Å²) in [5.74, 6) is -0.322. The molecule has 1 aliphatic heterocycles. The predicted octanol–water partition coefficient (Wildman–Crippen LogP) is 1.61. The average molecular weight is 343 g/mol. The summed E-state index contributed by atoms with van der Waals surface area (Å²) in [4.78, 5) is 27.9. The van der Waals surface area contributed by atoms with E-state index in [0.29, 0.717) is 32.5 Å². The zero-order valence-electron chi connectivity index (χ0n) is 14.5. The van der Waals surface area contributed by atoms with Crippen LogP contribution < -0.4 is 0 Å². The number of amides is 1. The Bertz CT molecular complexity index is 590. The Morgan fingerprint density at radius 2 is 1.80 bits per heavy atom. The Morgan fingerprint density at radius 1 is 1.08 bits per heavy atom. The van der Waals surface area contributed by atoms with Crippen LogP contribution in [-0.4, -0.2) is 61.0 Å². The first kappa shape index (κ1) is 18.9. The molecule has 1 aliphatic rings. The molecule has 6 heteroatoms. The quantitative estimate of drug-likeness (QED) is 0.671. The van der Waals surface area contributed by atoms with Gasteiger partial charge in [-0.1, -0.05) is 30.3 Å². The van der Waals surface area contributed by atoms with Crippen LogP contribution >= 0.6 is 0 Å². The zero-order chi connectivity index (χ0) is 17.9. The lowest BCUT2D eigenvalue weighted by molar-refractivity contribution is -0.146. The monoisotopic (exact) mass is 343 g/mol. The molecular weight excluding hydrogens is 318 g/mol. The van der Waals surface area contributed by atoms with Crippen molar-refractivity contribution < 1.29 is 14.3 Å². The van der Waals surface area contributed by atoms with Crippen LogP contribution in [0.25, 0.3) is 0 Å². The van der Waals surface area contributed by atoms with E-state index < -0.39 is 0 Å². The topological polar surface area (TPSA) is 73.6 Å². The van der Waals surface area contributed by atoms with E-state index in [4.69, 9.17) is 10.00 Å². The van der Waals surface area contributed by atoms with Crippen LogP contribution in [0.2, 0.25) is 0 Å². The van der Waals surface area contributed by atoms with E-state index in [-0.39, 0.29) is 24.7 Å². The molecule has 1 saturated heterocycles. The lowest BCUT2D eigenvalue weighted by atomic mass is 10.2. The number of hydrogen-bond acceptors (Lipinski definition) is 5. The molecule has 6 nitrogen and oxygen atoms in total. The summed E-state index contributed by atoms with van der Waals surface area (Å²) in [6, 6.07) is 12.0. The summed E-state index contributed by atoms with van der Waals surface area (Å²) < 4.78 is 5.20. The van der Waals surface area contributed by atoms with Gasteiger partial charge in [-0.15, -0.1) is 0 Å². The Balaban J connectivity index is 1.58. The van der Waals surface area contributed by atoms with Crippen LogP contribution in [0, 0.1) is 11.3 Å². The van der Waals surface area contributed by atoms with Crippen molar-refractivity contribution in [2.24, 2.45) is 0 Å². The van der Waals surface area contributed by atoms with Crippen LogP contribution in [0.5, 0.6) is 0 Å². The van der Waals surface area contributed by atoms with Crippen molar-refractivity contribution in [2.45, 2.75) is 25.7 Å². The maximum Gasteiger partial charge on any atom is 0.306 e. The molecule has 2 rings (SSSR count). The minimum atomic E-state index is -0.322.